The van der Waals surface area contributed by atoms with Crippen molar-refractivity contribution in [3.05, 3.63) is 12.7 Å². The quantitative estimate of drug-likeness (QED) is 0.429. The molecule has 1 atom stereocenters. The molecule has 0 aliphatic heterocycles. The predicted octanol–water partition coefficient (Wildman–Crippen LogP) is 2.58. The van der Waals surface area contributed by atoms with Crippen LogP contribution in [0.4, 0.5) is 0 Å². The third-order valence-corrected chi connectivity index (χ3v) is 1.70. The molecule has 0 aliphatic rings. The van der Waals surface area contributed by atoms with E-state index in [0.717, 1.165) is 0 Å². The monoisotopic (exact) mass is 158 g/mol. The summed E-state index contributed by atoms with van der Waals surface area (Å²) in [6.07, 6.45) is 1.49. The molecule has 3 heteroatoms. The lowest BCUT2D eigenvalue weighted by Gasteiger charge is -1.99. The summed E-state index contributed by atoms with van der Waals surface area (Å²) < 4.78 is 0. The maximum Gasteiger partial charge on any atom is 0.127 e. The minimum Gasteiger partial charge on any atom is -0.116 e. The van der Waals surface area contributed by atoms with Gasteiger partial charge in [-0.05, 0) is 0 Å². The first-order valence-electron chi connectivity index (χ1n) is 1.73. The van der Waals surface area contributed by atoms with E-state index in [1.54, 1.807) is 0 Å². The molecule has 0 aromatic heterocycles. The zero-order valence-electron chi connectivity index (χ0n) is 3.57. The molecule has 0 fully saturated rings. The third-order valence-electron chi connectivity index (χ3n) is 0.466. The van der Waals surface area contributed by atoms with Crippen molar-refractivity contribution in [1.29, 1.82) is 0 Å². The Morgan fingerprint density at radius 3 is 1.71 bits per heavy atom. The van der Waals surface area contributed by atoms with Crippen LogP contribution in [-0.2, 0) is 0 Å². The van der Waals surface area contributed by atoms with Gasteiger partial charge in [0.05, 0.1) is 5.38 Å². The second kappa shape index (κ2) is 3.59. The molecule has 0 saturated heterocycles. The Kier molecular flexibility index (Phi) is 3.91. The van der Waals surface area contributed by atoms with Gasteiger partial charge in [-0.15, -0.1) is 41.4 Å². The molecule has 0 aliphatic carbocycles. The van der Waals surface area contributed by atoms with Crippen LogP contribution in [0.15, 0.2) is 12.7 Å². The highest BCUT2D eigenvalue weighted by Crippen LogP contribution is 2.13. The summed E-state index contributed by atoms with van der Waals surface area (Å²) in [5.74, 6) is 0. The van der Waals surface area contributed by atoms with Crippen LogP contribution in [0.25, 0.3) is 0 Å². The summed E-state index contributed by atoms with van der Waals surface area (Å²) in [5.41, 5.74) is 0. The summed E-state index contributed by atoms with van der Waals surface area (Å²) in [5, 5.41) is -0.330. The maximum atomic E-state index is 5.42. The topological polar surface area (TPSA) is 0 Å². The van der Waals surface area contributed by atoms with E-state index in [2.05, 4.69) is 6.58 Å². The molecule has 0 radical (unpaired) electrons. The fourth-order valence-corrected chi connectivity index (χ4v) is 0.309. The molecule has 0 rings (SSSR count). The van der Waals surface area contributed by atoms with Crippen LogP contribution in [-0.4, -0.2) is 10.2 Å². The van der Waals surface area contributed by atoms with E-state index in [9.17, 15) is 0 Å². The molecule has 0 N–H and O–H groups in total. The Morgan fingerprint density at radius 2 is 1.71 bits per heavy atom. The summed E-state index contributed by atoms with van der Waals surface area (Å²) in [6, 6.07) is 0. The SMILES string of the molecule is C=CC(Cl)C(Cl)Cl. The van der Waals surface area contributed by atoms with E-state index in [4.69, 9.17) is 34.8 Å². The van der Waals surface area contributed by atoms with Crippen molar-refractivity contribution in [2.75, 3.05) is 0 Å². The third kappa shape index (κ3) is 3.22. The smallest absolute Gasteiger partial charge is 0.116 e. The average molecular weight is 159 g/mol. The van der Waals surface area contributed by atoms with Gasteiger partial charge in [0.1, 0.15) is 4.84 Å². The van der Waals surface area contributed by atoms with Crippen LogP contribution < -0.4 is 0 Å². The number of hydrogen-bond donors (Lipinski definition) is 0. The van der Waals surface area contributed by atoms with E-state index in [0.29, 0.717) is 0 Å². The van der Waals surface area contributed by atoms with Crippen molar-refractivity contribution in [2.24, 2.45) is 0 Å². The molecule has 0 nitrogen and oxygen atoms in total. The number of halogens is 3. The number of hydrogen-bond acceptors (Lipinski definition) is 0. The Balaban J connectivity index is 3.33. The normalized spacial score (nSPS) is 14.3. The van der Waals surface area contributed by atoms with Crippen LogP contribution in [0.1, 0.15) is 0 Å². The Labute approximate surface area is 58.1 Å². The largest absolute Gasteiger partial charge is 0.127 e. The number of rotatable bonds is 2. The van der Waals surface area contributed by atoms with Crippen LogP contribution in [0, 0.1) is 0 Å². The highest BCUT2D eigenvalue weighted by Gasteiger charge is 2.06. The molecule has 7 heavy (non-hydrogen) atoms. The van der Waals surface area contributed by atoms with Crippen LogP contribution in [0.2, 0.25) is 0 Å². The molecule has 0 bridgehead atoms. The van der Waals surface area contributed by atoms with Gasteiger partial charge in [0.25, 0.3) is 0 Å². The van der Waals surface area contributed by atoms with Crippen molar-refractivity contribution >= 4 is 34.8 Å². The van der Waals surface area contributed by atoms with E-state index in [1.165, 1.54) is 6.08 Å². The zero-order valence-corrected chi connectivity index (χ0v) is 5.84. The Hall–Kier alpha value is 0.610. The van der Waals surface area contributed by atoms with Gasteiger partial charge in [-0.3, -0.25) is 0 Å². The van der Waals surface area contributed by atoms with Crippen LogP contribution >= 0.6 is 34.8 Å². The standard InChI is InChI=1S/C4H5Cl3/c1-2-3(5)4(6)7/h2-4H,1H2. The number of allylic oxidation sites excluding steroid dienone is 1. The highest BCUT2D eigenvalue weighted by molar-refractivity contribution is 6.48. The first kappa shape index (κ1) is 7.61. The molecule has 1 unspecified atom stereocenters. The van der Waals surface area contributed by atoms with Crippen molar-refractivity contribution < 1.29 is 0 Å². The number of alkyl halides is 3. The average Bonchev–Trinajstić information content (AvgIpc) is 1.65. The molecule has 42 valence electrons. The van der Waals surface area contributed by atoms with E-state index in [-0.39, 0.29) is 5.38 Å². The van der Waals surface area contributed by atoms with Gasteiger partial charge >= 0.3 is 0 Å². The maximum absolute atomic E-state index is 5.42. The fourth-order valence-electron chi connectivity index (χ4n) is 0.103. The molecule has 0 aromatic carbocycles. The van der Waals surface area contributed by atoms with Gasteiger partial charge in [-0.1, -0.05) is 6.08 Å². The molecule has 0 aromatic rings. The van der Waals surface area contributed by atoms with Crippen molar-refractivity contribution in [1.82, 2.24) is 0 Å². The first-order valence-corrected chi connectivity index (χ1v) is 3.04. The van der Waals surface area contributed by atoms with Gasteiger partial charge in [0.2, 0.25) is 0 Å². The molecular weight excluding hydrogens is 154 g/mol. The van der Waals surface area contributed by atoms with Gasteiger partial charge in [0, 0.05) is 0 Å². The van der Waals surface area contributed by atoms with Crippen molar-refractivity contribution in [2.45, 2.75) is 10.2 Å². The molecule has 0 saturated carbocycles. The minimum atomic E-state index is -0.542. The predicted molar refractivity (Wildman–Crippen MR) is 35.3 cm³/mol. The van der Waals surface area contributed by atoms with Crippen molar-refractivity contribution in [3.8, 4) is 0 Å². The van der Waals surface area contributed by atoms with Crippen LogP contribution in [0.3, 0.4) is 0 Å². The summed E-state index contributed by atoms with van der Waals surface area (Å²) >= 11 is 16.0. The minimum absolute atomic E-state index is 0.330. The summed E-state index contributed by atoms with van der Waals surface area (Å²) in [6.45, 7) is 3.38. The molecule has 0 heterocycles. The molecular formula is C4H5Cl3. The second-order valence-electron chi connectivity index (χ2n) is 1.01. The highest BCUT2D eigenvalue weighted by atomic mass is 35.5. The van der Waals surface area contributed by atoms with E-state index < -0.39 is 4.84 Å². The summed E-state index contributed by atoms with van der Waals surface area (Å²) in [4.78, 5) is -0.542. The molecule has 0 amide bonds. The molecule has 0 spiro atoms. The van der Waals surface area contributed by atoms with Gasteiger partial charge in [0.15, 0.2) is 0 Å². The summed E-state index contributed by atoms with van der Waals surface area (Å²) in [7, 11) is 0. The van der Waals surface area contributed by atoms with Gasteiger partial charge in [-0.25, -0.2) is 0 Å². The first-order chi connectivity index (χ1) is 3.18. The lowest BCUT2D eigenvalue weighted by molar-refractivity contribution is 1.17. The Morgan fingerprint density at radius 1 is 1.29 bits per heavy atom. The van der Waals surface area contributed by atoms with E-state index in [1.807, 2.05) is 0 Å². The van der Waals surface area contributed by atoms with Gasteiger partial charge in [-0.2, -0.15) is 0 Å². The zero-order chi connectivity index (χ0) is 5.86. The van der Waals surface area contributed by atoms with E-state index >= 15 is 0 Å². The fraction of sp³-hybridized carbons (Fsp3) is 0.500. The Bertz CT molecular complexity index is 60.0. The van der Waals surface area contributed by atoms with Crippen LogP contribution in [0.5, 0.6) is 0 Å². The lowest BCUT2D eigenvalue weighted by Crippen LogP contribution is -2.02. The van der Waals surface area contributed by atoms with Gasteiger partial charge < -0.3 is 0 Å². The lowest BCUT2D eigenvalue weighted by atomic mass is 10.5. The second-order valence-corrected chi connectivity index (χ2v) is 2.68. The van der Waals surface area contributed by atoms with Crippen molar-refractivity contribution in [3.63, 3.8) is 0 Å².